The molecule has 0 bridgehead atoms. The van der Waals surface area contributed by atoms with Gasteiger partial charge in [-0.15, -0.1) is 0 Å². The van der Waals surface area contributed by atoms with E-state index >= 15 is 0 Å². The lowest BCUT2D eigenvalue weighted by atomic mass is 10.0. The fraction of sp³-hybridized carbons (Fsp3) is 0.167. The molecule has 0 spiro atoms. The van der Waals surface area contributed by atoms with Gasteiger partial charge in [0.1, 0.15) is 17.1 Å². The minimum atomic E-state index is -4.56. The van der Waals surface area contributed by atoms with Crippen molar-refractivity contribution in [2.24, 2.45) is 0 Å². The summed E-state index contributed by atoms with van der Waals surface area (Å²) in [6.07, 6.45) is -4.56. The molecule has 26 heavy (non-hydrogen) atoms. The Balaban J connectivity index is 2.53. The van der Waals surface area contributed by atoms with E-state index in [1.165, 1.54) is 26.1 Å². The van der Waals surface area contributed by atoms with E-state index in [9.17, 15) is 27.5 Å². The van der Waals surface area contributed by atoms with E-state index in [0.717, 1.165) is 30.3 Å². The lowest BCUT2D eigenvalue weighted by Gasteiger charge is -2.16. The van der Waals surface area contributed by atoms with Gasteiger partial charge in [-0.25, -0.2) is 9.18 Å². The van der Waals surface area contributed by atoms with Crippen molar-refractivity contribution in [2.45, 2.75) is 13.1 Å². The first-order valence-electron chi connectivity index (χ1n) is 7.40. The number of aliphatic carboxylic acids is 1. The van der Waals surface area contributed by atoms with Crippen LogP contribution in [0.15, 0.2) is 48.3 Å². The first-order valence-corrected chi connectivity index (χ1v) is 7.40. The van der Waals surface area contributed by atoms with E-state index in [2.05, 4.69) is 5.32 Å². The highest BCUT2D eigenvalue weighted by Gasteiger charge is 2.31. The molecule has 8 heteroatoms. The molecule has 0 amide bonds. The van der Waals surface area contributed by atoms with Crippen LogP contribution >= 0.6 is 0 Å². The van der Waals surface area contributed by atoms with Gasteiger partial charge in [0, 0.05) is 7.05 Å². The average molecular weight is 369 g/mol. The highest BCUT2D eigenvalue weighted by Crippen LogP contribution is 2.32. The molecule has 0 aliphatic carbocycles. The Bertz CT molecular complexity index is 860. The van der Waals surface area contributed by atoms with Gasteiger partial charge in [0.2, 0.25) is 5.88 Å². The molecule has 2 aromatic carbocycles. The number of rotatable bonds is 5. The number of nitrogens with one attached hydrogen (secondary N) is 1. The third-order valence-corrected chi connectivity index (χ3v) is 3.51. The zero-order valence-corrected chi connectivity index (χ0v) is 13.8. The van der Waals surface area contributed by atoms with Crippen LogP contribution in [0.2, 0.25) is 0 Å². The van der Waals surface area contributed by atoms with E-state index < -0.39 is 23.5 Å². The van der Waals surface area contributed by atoms with Gasteiger partial charge in [-0.1, -0.05) is 12.1 Å². The SMILES string of the molecule is CN/C(Oc1cccc(C(F)(F)F)c1)=C(/C(=O)O)c1ccc(F)cc1C. The third kappa shape index (κ3) is 4.33. The van der Waals surface area contributed by atoms with Crippen molar-refractivity contribution in [1.82, 2.24) is 5.32 Å². The number of carbonyl (C=O) groups is 1. The molecule has 4 nitrogen and oxygen atoms in total. The van der Waals surface area contributed by atoms with Crippen LogP contribution in [0, 0.1) is 12.7 Å². The Morgan fingerprint density at radius 3 is 2.38 bits per heavy atom. The zero-order valence-electron chi connectivity index (χ0n) is 13.8. The largest absolute Gasteiger partial charge is 0.477 e. The first kappa shape index (κ1) is 19.3. The maximum Gasteiger partial charge on any atom is 0.416 e. The van der Waals surface area contributed by atoms with E-state index in [1.807, 2.05) is 0 Å². The molecule has 0 saturated carbocycles. The molecule has 0 heterocycles. The molecule has 0 aliphatic heterocycles. The van der Waals surface area contributed by atoms with Crippen LogP contribution in [0.3, 0.4) is 0 Å². The van der Waals surface area contributed by atoms with Crippen molar-refractivity contribution in [2.75, 3.05) is 7.05 Å². The Labute approximate surface area is 146 Å². The summed E-state index contributed by atoms with van der Waals surface area (Å²) >= 11 is 0. The van der Waals surface area contributed by atoms with Gasteiger partial charge in [-0.05, 0) is 48.4 Å². The Kier molecular flexibility index (Phi) is 5.54. The fourth-order valence-corrected chi connectivity index (χ4v) is 2.32. The highest BCUT2D eigenvalue weighted by atomic mass is 19.4. The van der Waals surface area contributed by atoms with Gasteiger partial charge in [0.15, 0.2) is 0 Å². The second-order valence-electron chi connectivity index (χ2n) is 5.35. The van der Waals surface area contributed by atoms with Crippen LogP contribution in [0.5, 0.6) is 5.75 Å². The predicted molar refractivity (Wildman–Crippen MR) is 86.8 cm³/mol. The normalized spacial score (nSPS) is 12.4. The van der Waals surface area contributed by atoms with E-state index in [4.69, 9.17) is 4.74 Å². The maximum absolute atomic E-state index is 13.3. The van der Waals surface area contributed by atoms with Crippen LogP contribution in [0.4, 0.5) is 17.6 Å². The Hall–Kier alpha value is -3.03. The summed E-state index contributed by atoms with van der Waals surface area (Å²) in [5, 5.41) is 12.1. The third-order valence-electron chi connectivity index (χ3n) is 3.51. The lowest BCUT2D eigenvalue weighted by Crippen LogP contribution is -2.19. The van der Waals surface area contributed by atoms with Crippen molar-refractivity contribution in [3.8, 4) is 5.75 Å². The molecular weight excluding hydrogens is 354 g/mol. The molecule has 2 N–H and O–H groups in total. The number of carboxylic acid groups (broad SMARTS) is 1. The predicted octanol–water partition coefficient (Wildman–Crippen LogP) is 4.20. The number of alkyl halides is 3. The van der Waals surface area contributed by atoms with E-state index in [1.54, 1.807) is 0 Å². The number of aryl methyl sites for hydroxylation is 1. The number of hydrogen-bond donors (Lipinski definition) is 2. The van der Waals surface area contributed by atoms with Crippen LogP contribution in [0.25, 0.3) is 5.57 Å². The average Bonchev–Trinajstić information content (AvgIpc) is 2.55. The van der Waals surface area contributed by atoms with Gasteiger partial charge < -0.3 is 15.2 Å². The van der Waals surface area contributed by atoms with Gasteiger partial charge in [0.25, 0.3) is 0 Å². The smallest absolute Gasteiger partial charge is 0.416 e. The molecular formula is C18H15F4NO3. The summed E-state index contributed by atoms with van der Waals surface area (Å²) in [7, 11) is 1.37. The topological polar surface area (TPSA) is 58.6 Å². The van der Waals surface area contributed by atoms with E-state index in [0.29, 0.717) is 5.56 Å². The Morgan fingerprint density at radius 2 is 1.85 bits per heavy atom. The fourth-order valence-electron chi connectivity index (χ4n) is 2.32. The van der Waals surface area contributed by atoms with Gasteiger partial charge in [-0.3, -0.25) is 0 Å². The summed E-state index contributed by atoms with van der Waals surface area (Å²) in [5.74, 6) is -2.38. The zero-order chi connectivity index (χ0) is 19.5. The van der Waals surface area contributed by atoms with Crippen molar-refractivity contribution >= 4 is 11.5 Å². The van der Waals surface area contributed by atoms with Gasteiger partial charge in [0.05, 0.1) is 5.56 Å². The summed E-state index contributed by atoms with van der Waals surface area (Å²) < 4.78 is 57.1. The van der Waals surface area contributed by atoms with Crippen LogP contribution < -0.4 is 10.1 Å². The minimum Gasteiger partial charge on any atom is -0.477 e. The molecule has 2 rings (SSSR count). The quantitative estimate of drug-likeness (QED) is 0.471. The van der Waals surface area contributed by atoms with E-state index in [-0.39, 0.29) is 22.8 Å². The summed E-state index contributed by atoms with van der Waals surface area (Å²) in [6, 6.07) is 7.55. The minimum absolute atomic E-state index is 0.176. The van der Waals surface area contributed by atoms with Crippen molar-refractivity contribution < 1.29 is 32.2 Å². The molecule has 0 fully saturated rings. The molecule has 2 aromatic rings. The summed E-state index contributed by atoms with van der Waals surface area (Å²) in [6.45, 7) is 1.51. The summed E-state index contributed by atoms with van der Waals surface area (Å²) in [5.41, 5.74) is -0.749. The molecule has 0 unspecified atom stereocenters. The second-order valence-corrected chi connectivity index (χ2v) is 5.35. The lowest BCUT2D eigenvalue weighted by molar-refractivity contribution is -0.137. The number of carboxylic acids is 1. The number of halogens is 4. The first-order chi connectivity index (χ1) is 12.1. The van der Waals surface area contributed by atoms with Crippen LogP contribution in [-0.4, -0.2) is 18.1 Å². The molecule has 0 aromatic heterocycles. The number of benzene rings is 2. The van der Waals surface area contributed by atoms with Crippen molar-refractivity contribution in [3.05, 3.63) is 70.9 Å². The molecule has 0 radical (unpaired) electrons. The van der Waals surface area contributed by atoms with Gasteiger partial charge >= 0.3 is 12.1 Å². The summed E-state index contributed by atoms with van der Waals surface area (Å²) in [4.78, 5) is 11.7. The molecule has 0 aliphatic rings. The maximum atomic E-state index is 13.3. The monoisotopic (exact) mass is 369 g/mol. The highest BCUT2D eigenvalue weighted by molar-refractivity contribution is 6.16. The van der Waals surface area contributed by atoms with Crippen LogP contribution in [-0.2, 0) is 11.0 Å². The number of hydrogen-bond acceptors (Lipinski definition) is 3. The molecule has 0 atom stereocenters. The standard InChI is InChI=1S/C18H15F4NO3/c1-10-8-12(19)6-7-14(10)15(17(24)25)16(23-2)26-13-5-3-4-11(9-13)18(20,21)22/h3-9,23H,1-2H3,(H,24,25)/b16-15-. The van der Waals surface area contributed by atoms with Crippen molar-refractivity contribution in [3.63, 3.8) is 0 Å². The Morgan fingerprint density at radius 1 is 1.15 bits per heavy atom. The molecule has 0 saturated heterocycles. The number of ether oxygens (including phenoxy) is 1. The molecule has 138 valence electrons. The van der Waals surface area contributed by atoms with Gasteiger partial charge in [-0.2, -0.15) is 13.2 Å². The van der Waals surface area contributed by atoms with Crippen molar-refractivity contribution in [1.29, 1.82) is 0 Å². The van der Waals surface area contributed by atoms with Crippen LogP contribution in [0.1, 0.15) is 16.7 Å². The second kappa shape index (κ2) is 7.47.